The van der Waals surface area contributed by atoms with Crippen molar-refractivity contribution >= 4 is 0 Å². The van der Waals surface area contributed by atoms with Gasteiger partial charge in [-0.3, -0.25) is 11.3 Å². The van der Waals surface area contributed by atoms with Gasteiger partial charge in [-0.1, -0.05) is 24.3 Å². The van der Waals surface area contributed by atoms with Crippen LogP contribution in [0.4, 0.5) is 0 Å². The summed E-state index contributed by atoms with van der Waals surface area (Å²) in [5.74, 6) is 7.32. The molecule has 0 aromatic heterocycles. The molecule has 2 atom stereocenters. The summed E-state index contributed by atoms with van der Waals surface area (Å²) in [5.41, 5.74) is 6.17. The first kappa shape index (κ1) is 14.1. The highest BCUT2D eigenvalue weighted by Crippen LogP contribution is 2.31. The normalized spacial score (nSPS) is 25.1. The van der Waals surface area contributed by atoms with E-state index in [4.69, 9.17) is 10.6 Å². The van der Waals surface area contributed by atoms with Crippen molar-refractivity contribution in [2.45, 2.75) is 44.6 Å². The number of nitrogens with two attached hydrogens (primary N) is 1. The molecule has 0 radical (unpaired) electrons. The summed E-state index contributed by atoms with van der Waals surface area (Å²) in [4.78, 5) is 0. The van der Waals surface area contributed by atoms with Crippen LogP contribution in [0.2, 0.25) is 0 Å². The van der Waals surface area contributed by atoms with E-state index in [-0.39, 0.29) is 0 Å². The summed E-state index contributed by atoms with van der Waals surface area (Å²) in [5, 5.41) is 0. The van der Waals surface area contributed by atoms with Crippen molar-refractivity contribution in [1.82, 2.24) is 5.43 Å². The van der Waals surface area contributed by atoms with Crippen molar-refractivity contribution in [3.63, 3.8) is 0 Å². The minimum atomic E-state index is 0.450. The van der Waals surface area contributed by atoms with Crippen LogP contribution in [0, 0.1) is 11.8 Å². The summed E-state index contributed by atoms with van der Waals surface area (Å²) >= 11 is 0. The summed E-state index contributed by atoms with van der Waals surface area (Å²) in [6.07, 6.45) is 7.23. The van der Waals surface area contributed by atoms with E-state index in [1.54, 1.807) is 0 Å². The number of hydrazine groups is 1. The fourth-order valence-electron chi connectivity index (χ4n) is 3.81. The molecule has 1 aromatic rings. The quantitative estimate of drug-likeness (QED) is 0.655. The van der Waals surface area contributed by atoms with Gasteiger partial charge in [0.1, 0.15) is 0 Å². The SMILES string of the molecule is NNC(CC1CCOCC1)C1CCc2ccccc2C1. The van der Waals surface area contributed by atoms with Crippen LogP contribution in [0.3, 0.4) is 0 Å². The number of hydrogen-bond acceptors (Lipinski definition) is 3. The van der Waals surface area contributed by atoms with E-state index in [1.165, 1.54) is 49.7 Å². The van der Waals surface area contributed by atoms with Crippen LogP contribution in [0.25, 0.3) is 0 Å². The topological polar surface area (TPSA) is 47.3 Å². The Morgan fingerprint density at radius 3 is 2.65 bits per heavy atom. The van der Waals surface area contributed by atoms with E-state index in [9.17, 15) is 0 Å². The molecule has 0 spiro atoms. The summed E-state index contributed by atoms with van der Waals surface area (Å²) in [7, 11) is 0. The molecule has 0 bridgehead atoms. The van der Waals surface area contributed by atoms with E-state index in [0.29, 0.717) is 12.0 Å². The zero-order valence-corrected chi connectivity index (χ0v) is 12.2. The van der Waals surface area contributed by atoms with Gasteiger partial charge < -0.3 is 4.74 Å². The largest absolute Gasteiger partial charge is 0.381 e. The van der Waals surface area contributed by atoms with Crippen LogP contribution in [-0.4, -0.2) is 19.3 Å². The lowest BCUT2D eigenvalue weighted by molar-refractivity contribution is 0.0573. The van der Waals surface area contributed by atoms with Gasteiger partial charge in [0, 0.05) is 19.3 Å². The third kappa shape index (κ3) is 3.22. The highest BCUT2D eigenvalue weighted by Gasteiger charge is 2.28. The van der Waals surface area contributed by atoms with E-state index >= 15 is 0 Å². The summed E-state index contributed by atoms with van der Waals surface area (Å²) in [6.45, 7) is 1.85. The molecule has 1 fully saturated rings. The molecule has 3 rings (SSSR count). The number of nitrogens with one attached hydrogen (secondary N) is 1. The Balaban J connectivity index is 1.62. The smallest absolute Gasteiger partial charge is 0.0468 e. The Morgan fingerprint density at radius 2 is 1.90 bits per heavy atom. The summed E-state index contributed by atoms with van der Waals surface area (Å²) in [6, 6.07) is 9.31. The molecule has 0 saturated carbocycles. The fraction of sp³-hybridized carbons (Fsp3) is 0.647. The predicted molar refractivity (Wildman–Crippen MR) is 81.2 cm³/mol. The van der Waals surface area contributed by atoms with E-state index in [0.717, 1.165) is 19.1 Å². The van der Waals surface area contributed by atoms with Crippen molar-refractivity contribution in [2.75, 3.05) is 13.2 Å². The van der Waals surface area contributed by atoms with Crippen LogP contribution < -0.4 is 11.3 Å². The first-order chi connectivity index (χ1) is 9.86. The Bertz CT molecular complexity index is 429. The molecule has 1 aromatic carbocycles. The van der Waals surface area contributed by atoms with E-state index < -0.39 is 0 Å². The fourth-order valence-corrected chi connectivity index (χ4v) is 3.81. The van der Waals surface area contributed by atoms with Gasteiger partial charge in [0.15, 0.2) is 0 Å². The Kier molecular flexibility index (Phi) is 4.71. The first-order valence-electron chi connectivity index (χ1n) is 7.97. The molecular formula is C17H26N2O. The first-order valence-corrected chi connectivity index (χ1v) is 7.97. The van der Waals surface area contributed by atoms with Gasteiger partial charge in [-0.25, -0.2) is 0 Å². The molecule has 1 heterocycles. The maximum atomic E-state index is 5.86. The number of ether oxygens (including phenoxy) is 1. The Morgan fingerprint density at radius 1 is 1.15 bits per heavy atom. The van der Waals surface area contributed by atoms with Crippen LogP contribution in [0.1, 0.15) is 36.8 Å². The van der Waals surface area contributed by atoms with Crippen molar-refractivity contribution in [3.05, 3.63) is 35.4 Å². The molecule has 0 amide bonds. The third-order valence-corrected chi connectivity index (χ3v) is 5.10. The molecule has 110 valence electrons. The minimum Gasteiger partial charge on any atom is -0.381 e. The van der Waals surface area contributed by atoms with E-state index in [2.05, 4.69) is 29.7 Å². The molecule has 20 heavy (non-hydrogen) atoms. The van der Waals surface area contributed by atoms with Gasteiger partial charge in [-0.15, -0.1) is 0 Å². The zero-order valence-electron chi connectivity index (χ0n) is 12.2. The van der Waals surface area contributed by atoms with Crippen molar-refractivity contribution in [3.8, 4) is 0 Å². The molecule has 1 aliphatic carbocycles. The molecule has 3 N–H and O–H groups in total. The average molecular weight is 274 g/mol. The lowest BCUT2D eigenvalue weighted by atomic mass is 9.77. The lowest BCUT2D eigenvalue weighted by Crippen LogP contribution is -2.44. The van der Waals surface area contributed by atoms with Crippen molar-refractivity contribution < 1.29 is 4.74 Å². The van der Waals surface area contributed by atoms with Crippen LogP contribution >= 0.6 is 0 Å². The number of aryl methyl sites for hydroxylation is 1. The third-order valence-electron chi connectivity index (χ3n) is 5.10. The zero-order chi connectivity index (χ0) is 13.8. The number of rotatable bonds is 4. The maximum absolute atomic E-state index is 5.86. The number of fused-ring (bicyclic) bond motifs is 1. The molecule has 1 aliphatic heterocycles. The monoisotopic (exact) mass is 274 g/mol. The second-order valence-electron chi connectivity index (χ2n) is 6.34. The van der Waals surface area contributed by atoms with Crippen LogP contribution in [0.15, 0.2) is 24.3 Å². The Hall–Kier alpha value is -0.900. The molecule has 2 unspecified atom stereocenters. The molecular weight excluding hydrogens is 248 g/mol. The second kappa shape index (κ2) is 6.70. The molecule has 2 aliphatic rings. The van der Waals surface area contributed by atoms with Gasteiger partial charge in [0.2, 0.25) is 0 Å². The maximum Gasteiger partial charge on any atom is 0.0468 e. The Labute approximate surface area is 121 Å². The van der Waals surface area contributed by atoms with Crippen molar-refractivity contribution in [2.24, 2.45) is 17.7 Å². The highest BCUT2D eigenvalue weighted by atomic mass is 16.5. The second-order valence-corrected chi connectivity index (χ2v) is 6.34. The van der Waals surface area contributed by atoms with E-state index in [1.807, 2.05) is 0 Å². The van der Waals surface area contributed by atoms with Crippen molar-refractivity contribution in [1.29, 1.82) is 0 Å². The standard InChI is InChI=1S/C17H26N2O/c18-19-17(11-13-7-9-20-10-8-13)16-6-5-14-3-1-2-4-15(14)12-16/h1-4,13,16-17,19H,5-12,18H2. The number of benzene rings is 1. The van der Waals surface area contributed by atoms with Gasteiger partial charge in [0.25, 0.3) is 0 Å². The lowest BCUT2D eigenvalue weighted by Gasteiger charge is -2.34. The molecule has 3 heteroatoms. The number of hydrogen-bond donors (Lipinski definition) is 2. The van der Waals surface area contributed by atoms with Gasteiger partial charge >= 0.3 is 0 Å². The molecule has 3 nitrogen and oxygen atoms in total. The van der Waals surface area contributed by atoms with Crippen LogP contribution in [-0.2, 0) is 17.6 Å². The predicted octanol–water partition coefficient (Wildman–Crippen LogP) is 2.44. The van der Waals surface area contributed by atoms with Gasteiger partial charge in [-0.2, -0.15) is 0 Å². The van der Waals surface area contributed by atoms with Gasteiger partial charge in [0.05, 0.1) is 0 Å². The van der Waals surface area contributed by atoms with Gasteiger partial charge in [-0.05, 0) is 61.5 Å². The average Bonchev–Trinajstić information content (AvgIpc) is 2.53. The molecule has 1 saturated heterocycles. The van der Waals surface area contributed by atoms with Crippen LogP contribution in [0.5, 0.6) is 0 Å². The highest BCUT2D eigenvalue weighted by molar-refractivity contribution is 5.30. The minimum absolute atomic E-state index is 0.450. The summed E-state index contributed by atoms with van der Waals surface area (Å²) < 4.78 is 5.46.